The highest BCUT2D eigenvalue weighted by Gasteiger charge is 2.40. The van der Waals surface area contributed by atoms with Gasteiger partial charge in [-0.25, -0.2) is 0 Å². The molecule has 0 aliphatic carbocycles. The van der Waals surface area contributed by atoms with Crippen LogP contribution in [0.5, 0.6) is 5.75 Å². The van der Waals surface area contributed by atoms with E-state index in [1.165, 1.54) is 0 Å². The molecule has 1 unspecified atom stereocenters. The zero-order valence-corrected chi connectivity index (χ0v) is 12.4. The van der Waals surface area contributed by atoms with Crippen LogP contribution in [0.4, 0.5) is 5.69 Å². The molecule has 0 bridgehead atoms. The van der Waals surface area contributed by atoms with E-state index in [-0.39, 0.29) is 17.1 Å². The second-order valence-electron chi connectivity index (χ2n) is 5.69. The number of anilines is 1. The second kappa shape index (κ2) is 6.27. The predicted molar refractivity (Wildman–Crippen MR) is 81.0 cm³/mol. The third kappa shape index (κ3) is 2.96. The number of nitrogens with one attached hydrogen (secondary N) is 1. The average molecular weight is 276 g/mol. The summed E-state index contributed by atoms with van der Waals surface area (Å²) >= 11 is 0. The lowest BCUT2D eigenvalue weighted by Crippen LogP contribution is -2.51. The Labute approximate surface area is 120 Å². The van der Waals surface area contributed by atoms with Gasteiger partial charge in [-0.2, -0.15) is 0 Å². The van der Waals surface area contributed by atoms with Gasteiger partial charge in [0.15, 0.2) is 0 Å². The van der Waals surface area contributed by atoms with Crippen LogP contribution in [0.25, 0.3) is 0 Å². The van der Waals surface area contributed by atoms with Crippen molar-refractivity contribution in [3.05, 3.63) is 24.3 Å². The van der Waals surface area contributed by atoms with E-state index in [1.54, 1.807) is 30.1 Å². The number of phenols is 1. The molecule has 1 aliphatic rings. The molecule has 0 aromatic heterocycles. The van der Waals surface area contributed by atoms with Gasteiger partial charge in [0.2, 0.25) is 5.91 Å². The molecule has 0 spiro atoms. The molecule has 1 saturated heterocycles. The first-order chi connectivity index (χ1) is 9.59. The van der Waals surface area contributed by atoms with Crippen molar-refractivity contribution in [2.45, 2.75) is 32.6 Å². The molecule has 1 aromatic carbocycles. The van der Waals surface area contributed by atoms with Crippen molar-refractivity contribution in [2.75, 3.05) is 25.0 Å². The number of phenolic OH excluding ortho intramolecular Hbond substituents is 1. The normalized spacial score (nSPS) is 22.5. The monoisotopic (exact) mass is 276 g/mol. The second-order valence-corrected chi connectivity index (χ2v) is 5.69. The Hall–Kier alpha value is -1.55. The zero-order chi connectivity index (χ0) is 14.6. The molecule has 4 heteroatoms. The number of piperidine rings is 1. The van der Waals surface area contributed by atoms with E-state index in [0.717, 1.165) is 44.5 Å². The van der Waals surface area contributed by atoms with Crippen molar-refractivity contribution in [2.24, 2.45) is 5.41 Å². The van der Waals surface area contributed by atoms with Gasteiger partial charge in [-0.3, -0.25) is 4.79 Å². The number of nitrogens with zero attached hydrogens (tertiary/aromatic N) is 1. The average Bonchev–Trinajstić information content (AvgIpc) is 2.47. The maximum atomic E-state index is 12.9. The Kier molecular flexibility index (Phi) is 4.65. The van der Waals surface area contributed by atoms with Crippen molar-refractivity contribution < 1.29 is 9.90 Å². The number of aromatic hydroxyl groups is 1. The molecule has 110 valence electrons. The summed E-state index contributed by atoms with van der Waals surface area (Å²) in [5.74, 6) is 0.339. The van der Waals surface area contributed by atoms with Gasteiger partial charge in [0, 0.05) is 25.3 Å². The minimum atomic E-state index is -0.298. The third-order valence-corrected chi connectivity index (χ3v) is 4.18. The highest BCUT2D eigenvalue weighted by Crippen LogP contribution is 2.35. The van der Waals surface area contributed by atoms with Crippen LogP contribution in [-0.4, -0.2) is 31.2 Å². The molecule has 20 heavy (non-hydrogen) atoms. The standard InChI is InChI=1S/C16H24N2O2/c1-3-8-16(9-5-10-17-12-16)15(20)18(2)13-6-4-7-14(19)11-13/h4,6-7,11,17,19H,3,5,8-10,12H2,1-2H3. The number of hydrogen-bond donors (Lipinski definition) is 2. The van der Waals surface area contributed by atoms with Crippen LogP contribution in [-0.2, 0) is 4.79 Å². The smallest absolute Gasteiger partial charge is 0.234 e. The highest BCUT2D eigenvalue weighted by molar-refractivity contribution is 5.97. The number of carbonyl (C=O) groups is 1. The van der Waals surface area contributed by atoms with E-state index in [0.29, 0.717) is 0 Å². The molecule has 0 radical (unpaired) electrons. The Morgan fingerprint density at radius 2 is 2.30 bits per heavy atom. The Morgan fingerprint density at radius 1 is 1.50 bits per heavy atom. The topological polar surface area (TPSA) is 52.6 Å². The van der Waals surface area contributed by atoms with Crippen molar-refractivity contribution in [3.8, 4) is 5.75 Å². The molecule has 2 N–H and O–H groups in total. The fourth-order valence-corrected chi connectivity index (χ4v) is 3.12. The summed E-state index contributed by atoms with van der Waals surface area (Å²) in [6.07, 6.45) is 3.89. The van der Waals surface area contributed by atoms with Gasteiger partial charge in [-0.1, -0.05) is 19.4 Å². The molecule has 1 aliphatic heterocycles. The Balaban J connectivity index is 2.22. The summed E-state index contributed by atoms with van der Waals surface area (Å²) in [5, 5.41) is 12.9. The quantitative estimate of drug-likeness (QED) is 0.888. The van der Waals surface area contributed by atoms with E-state index in [4.69, 9.17) is 0 Å². The van der Waals surface area contributed by atoms with Gasteiger partial charge in [0.1, 0.15) is 5.75 Å². The van der Waals surface area contributed by atoms with Crippen LogP contribution in [0, 0.1) is 5.41 Å². The molecule has 0 saturated carbocycles. The molecule has 2 rings (SSSR count). The molecule has 4 nitrogen and oxygen atoms in total. The van der Waals surface area contributed by atoms with E-state index in [1.807, 2.05) is 6.07 Å². The van der Waals surface area contributed by atoms with Crippen LogP contribution in [0.3, 0.4) is 0 Å². The Morgan fingerprint density at radius 3 is 2.90 bits per heavy atom. The molecule has 1 atom stereocenters. The Bertz CT molecular complexity index is 462. The largest absolute Gasteiger partial charge is 0.508 e. The highest BCUT2D eigenvalue weighted by atomic mass is 16.3. The summed E-state index contributed by atoms with van der Waals surface area (Å²) in [4.78, 5) is 14.6. The van der Waals surface area contributed by atoms with E-state index < -0.39 is 0 Å². The lowest BCUT2D eigenvalue weighted by atomic mass is 9.75. The number of hydrogen-bond acceptors (Lipinski definition) is 3. The summed E-state index contributed by atoms with van der Waals surface area (Å²) in [5.41, 5.74) is 0.448. The van der Waals surface area contributed by atoms with Gasteiger partial charge in [-0.05, 0) is 37.9 Å². The summed E-state index contributed by atoms with van der Waals surface area (Å²) < 4.78 is 0. The van der Waals surface area contributed by atoms with Gasteiger partial charge in [0.05, 0.1) is 5.41 Å². The summed E-state index contributed by atoms with van der Waals surface area (Å²) in [7, 11) is 1.79. The molecular formula is C16H24N2O2. The molecular weight excluding hydrogens is 252 g/mol. The van der Waals surface area contributed by atoms with Gasteiger partial charge in [0.25, 0.3) is 0 Å². The van der Waals surface area contributed by atoms with E-state index in [2.05, 4.69) is 12.2 Å². The van der Waals surface area contributed by atoms with E-state index in [9.17, 15) is 9.90 Å². The number of amides is 1. The van der Waals surface area contributed by atoms with Gasteiger partial charge >= 0.3 is 0 Å². The fraction of sp³-hybridized carbons (Fsp3) is 0.562. The molecule has 1 heterocycles. The number of rotatable bonds is 4. The van der Waals surface area contributed by atoms with Crippen LogP contribution >= 0.6 is 0 Å². The lowest BCUT2D eigenvalue weighted by Gasteiger charge is -2.39. The minimum Gasteiger partial charge on any atom is -0.508 e. The van der Waals surface area contributed by atoms with E-state index >= 15 is 0 Å². The molecule has 1 aromatic rings. The molecule has 1 amide bonds. The predicted octanol–water partition coefficient (Wildman–Crippen LogP) is 2.52. The van der Waals surface area contributed by atoms with Crippen LogP contribution in [0.2, 0.25) is 0 Å². The third-order valence-electron chi connectivity index (χ3n) is 4.18. The van der Waals surface area contributed by atoms with Crippen LogP contribution in [0.15, 0.2) is 24.3 Å². The van der Waals surface area contributed by atoms with Crippen LogP contribution in [0.1, 0.15) is 32.6 Å². The minimum absolute atomic E-state index is 0.150. The maximum absolute atomic E-state index is 12.9. The molecule has 1 fully saturated rings. The van der Waals surface area contributed by atoms with Crippen LogP contribution < -0.4 is 10.2 Å². The summed E-state index contributed by atoms with van der Waals surface area (Å²) in [6, 6.07) is 6.87. The lowest BCUT2D eigenvalue weighted by molar-refractivity contribution is -0.129. The zero-order valence-electron chi connectivity index (χ0n) is 12.4. The fourth-order valence-electron chi connectivity index (χ4n) is 3.12. The first kappa shape index (κ1) is 14.9. The van der Waals surface area contributed by atoms with Crippen molar-refractivity contribution in [1.29, 1.82) is 0 Å². The summed E-state index contributed by atoms with van der Waals surface area (Å²) in [6.45, 7) is 3.87. The van der Waals surface area contributed by atoms with Crippen molar-refractivity contribution in [3.63, 3.8) is 0 Å². The number of benzene rings is 1. The SMILES string of the molecule is CCCC1(C(=O)N(C)c2cccc(O)c2)CCCNC1. The van der Waals surface area contributed by atoms with Gasteiger partial charge in [-0.15, -0.1) is 0 Å². The first-order valence-electron chi connectivity index (χ1n) is 7.37. The maximum Gasteiger partial charge on any atom is 0.234 e. The first-order valence-corrected chi connectivity index (χ1v) is 7.37. The van der Waals surface area contributed by atoms with Crippen molar-refractivity contribution >= 4 is 11.6 Å². The van der Waals surface area contributed by atoms with Gasteiger partial charge < -0.3 is 15.3 Å². The number of carbonyl (C=O) groups excluding carboxylic acids is 1. The van der Waals surface area contributed by atoms with Crippen molar-refractivity contribution in [1.82, 2.24) is 5.32 Å².